The summed E-state index contributed by atoms with van der Waals surface area (Å²) in [5.74, 6) is 0. The van der Waals surface area contributed by atoms with Crippen molar-refractivity contribution in [2.24, 2.45) is 0 Å². The maximum atomic E-state index is 10.3. The number of aliphatic hydroxyl groups is 1. The van der Waals surface area contributed by atoms with Crippen LogP contribution in [0.2, 0.25) is 0 Å². The average molecular weight is 305 g/mol. The lowest BCUT2D eigenvalue weighted by molar-refractivity contribution is 0.178. The minimum atomic E-state index is -0.446. The largest absolute Gasteiger partial charge is 0.388 e. The fourth-order valence-electron chi connectivity index (χ4n) is 2.21. The summed E-state index contributed by atoms with van der Waals surface area (Å²) in [5, 5.41) is 10.3. The van der Waals surface area contributed by atoms with E-state index in [1.54, 1.807) is 0 Å². The van der Waals surface area contributed by atoms with Crippen LogP contribution in [-0.2, 0) is 6.42 Å². The molecule has 0 saturated heterocycles. The quantitative estimate of drug-likeness (QED) is 0.894. The lowest BCUT2D eigenvalue weighted by Crippen LogP contribution is -2.02. The smallest absolute Gasteiger partial charge is 0.0830 e. The van der Waals surface area contributed by atoms with Crippen LogP contribution in [0.25, 0.3) is 0 Å². The van der Waals surface area contributed by atoms with E-state index in [0.717, 1.165) is 15.6 Å². The van der Waals surface area contributed by atoms with Crippen molar-refractivity contribution in [3.05, 3.63) is 69.2 Å². The molecule has 0 aliphatic heterocycles. The van der Waals surface area contributed by atoms with Gasteiger partial charge in [-0.15, -0.1) is 0 Å². The Morgan fingerprint density at radius 1 is 1.06 bits per heavy atom. The molecule has 1 N–H and O–H groups in total. The molecule has 0 aliphatic carbocycles. The van der Waals surface area contributed by atoms with Gasteiger partial charge in [-0.2, -0.15) is 0 Å². The van der Waals surface area contributed by atoms with E-state index < -0.39 is 6.10 Å². The zero-order chi connectivity index (χ0) is 13.1. The molecule has 0 heterocycles. The lowest BCUT2D eigenvalue weighted by atomic mass is 9.98. The zero-order valence-electron chi connectivity index (χ0n) is 10.7. The Morgan fingerprint density at radius 2 is 1.72 bits per heavy atom. The van der Waals surface area contributed by atoms with Gasteiger partial charge in [-0.1, -0.05) is 57.4 Å². The van der Waals surface area contributed by atoms with Crippen LogP contribution < -0.4 is 0 Å². The van der Waals surface area contributed by atoms with E-state index in [-0.39, 0.29) is 0 Å². The summed E-state index contributed by atoms with van der Waals surface area (Å²) < 4.78 is 1.05. The number of aliphatic hydroxyl groups excluding tert-OH is 1. The van der Waals surface area contributed by atoms with E-state index in [0.29, 0.717) is 6.42 Å². The van der Waals surface area contributed by atoms with Gasteiger partial charge in [-0.3, -0.25) is 0 Å². The van der Waals surface area contributed by atoms with Crippen molar-refractivity contribution in [2.75, 3.05) is 0 Å². The zero-order valence-corrected chi connectivity index (χ0v) is 12.2. The molecule has 0 aromatic heterocycles. The maximum Gasteiger partial charge on any atom is 0.0830 e. The van der Waals surface area contributed by atoms with Crippen LogP contribution >= 0.6 is 15.9 Å². The number of hydrogen-bond acceptors (Lipinski definition) is 1. The molecule has 94 valence electrons. The van der Waals surface area contributed by atoms with Crippen molar-refractivity contribution < 1.29 is 5.11 Å². The molecule has 1 unspecified atom stereocenters. The van der Waals surface area contributed by atoms with E-state index in [9.17, 15) is 5.11 Å². The number of aryl methyl sites for hydroxylation is 2. The molecule has 0 spiro atoms. The second-order valence-corrected chi connectivity index (χ2v) is 5.69. The van der Waals surface area contributed by atoms with Gasteiger partial charge in [0.25, 0.3) is 0 Å². The van der Waals surface area contributed by atoms with Gasteiger partial charge in [0.05, 0.1) is 6.10 Å². The summed E-state index contributed by atoms with van der Waals surface area (Å²) in [6.07, 6.45) is 0.195. The first kappa shape index (κ1) is 13.3. The van der Waals surface area contributed by atoms with E-state index in [1.165, 1.54) is 11.1 Å². The summed E-state index contributed by atoms with van der Waals surface area (Å²) >= 11 is 3.45. The highest BCUT2D eigenvalue weighted by Gasteiger charge is 2.09. The van der Waals surface area contributed by atoms with Gasteiger partial charge in [0.2, 0.25) is 0 Å². The third-order valence-corrected chi connectivity index (χ3v) is 3.44. The number of benzene rings is 2. The van der Waals surface area contributed by atoms with Gasteiger partial charge in [-0.05, 0) is 37.1 Å². The molecule has 0 radical (unpaired) electrons. The van der Waals surface area contributed by atoms with Crippen LogP contribution in [0.1, 0.15) is 28.4 Å². The van der Waals surface area contributed by atoms with Crippen LogP contribution in [-0.4, -0.2) is 5.11 Å². The third-order valence-electron chi connectivity index (χ3n) is 2.95. The Kier molecular flexibility index (Phi) is 4.20. The van der Waals surface area contributed by atoms with Crippen LogP contribution in [0.3, 0.4) is 0 Å². The molecule has 2 aromatic carbocycles. The van der Waals surface area contributed by atoms with Crippen molar-refractivity contribution in [1.82, 2.24) is 0 Å². The number of rotatable bonds is 3. The summed E-state index contributed by atoms with van der Waals surface area (Å²) in [7, 11) is 0. The monoisotopic (exact) mass is 304 g/mol. The summed E-state index contributed by atoms with van der Waals surface area (Å²) in [5.41, 5.74) is 4.51. The van der Waals surface area contributed by atoms with E-state index >= 15 is 0 Å². The second-order valence-electron chi connectivity index (χ2n) is 4.77. The highest BCUT2D eigenvalue weighted by molar-refractivity contribution is 9.10. The van der Waals surface area contributed by atoms with Gasteiger partial charge in [0.15, 0.2) is 0 Å². The molecule has 2 aromatic rings. The van der Waals surface area contributed by atoms with Crippen LogP contribution in [0.15, 0.2) is 46.9 Å². The first-order valence-corrected chi connectivity index (χ1v) is 6.84. The van der Waals surface area contributed by atoms with Crippen LogP contribution in [0.5, 0.6) is 0 Å². The highest BCUT2D eigenvalue weighted by Crippen LogP contribution is 2.22. The molecule has 2 heteroatoms. The first-order chi connectivity index (χ1) is 8.54. The molecule has 2 rings (SSSR count). The van der Waals surface area contributed by atoms with Gasteiger partial charge in [0.1, 0.15) is 0 Å². The van der Waals surface area contributed by atoms with Crippen LogP contribution in [0.4, 0.5) is 0 Å². The Morgan fingerprint density at radius 3 is 2.33 bits per heavy atom. The van der Waals surface area contributed by atoms with Gasteiger partial charge < -0.3 is 5.11 Å². The second kappa shape index (κ2) is 5.68. The normalized spacial score (nSPS) is 12.4. The van der Waals surface area contributed by atoms with E-state index in [4.69, 9.17) is 0 Å². The maximum absolute atomic E-state index is 10.3. The standard InChI is InChI=1S/C16H17BrO/c1-11-6-12(2)8-14(7-11)16(18)10-13-4-3-5-15(17)9-13/h3-9,16,18H,10H2,1-2H3. The minimum absolute atomic E-state index is 0.446. The molecule has 0 saturated carbocycles. The van der Waals surface area contributed by atoms with Crippen LogP contribution in [0, 0.1) is 13.8 Å². The third kappa shape index (κ3) is 3.44. The van der Waals surface area contributed by atoms with Gasteiger partial charge in [-0.25, -0.2) is 0 Å². The molecule has 0 bridgehead atoms. The fraction of sp³-hybridized carbons (Fsp3) is 0.250. The minimum Gasteiger partial charge on any atom is -0.388 e. The van der Waals surface area contributed by atoms with E-state index in [2.05, 4.69) is 48.0 Å². The van der Waals surface area contributed by atoms with Crippen molar-refractivity contribution in [3.8, 4) is 0 Å². The summed E-state index contributed by atoms with van der Waals surface area (Å²) in [6.45, 7) is 4.12. The fourth-order valence-corrected chi connectivity index (χ4v) is 2.65. The number of hydrogen-bond donors (Lipinski definition) is 1. The number of halogens is 1. The molecule has 0 aliphatic rings. The van der Waals surface area contributed by atoms with E-state index in [1.807, 2.05) is 24.3 Å². The molecule has 18 heavy (non-hydrogen) atoms. The summed E-state index contributed by atoms with van der Waals surface area (Å²) in [6, 6.07) is 14.3. The van der Waals surface area contributed by atoms with Crippen molar-refractivity contribution in [1.29, 1.82) is 0 Å². The molecule has 0 amide bonds. The Bertz CT molecular complexity index is 528. The van der Waals surface area contributed by atoms with Crippen molar-refractivity contribution in [3.63, 3.8) is 0 Å². The molecule has 0 fully saturated rings. The van der Waals surface area contributed by atoms with Gasteiger partial charge >= 0.3 is 0 Å². The average Bonchev–Trinajstić information content (AvgIpc) is 2.27. The van der Waals surface area contributed by atoms with Crippen molar-refractivity contribution >= 4 is 15.9 Å². The predicted octanol–water partition coefficient (Wildman–Crippen LogP) is 4.34. The topological polar surface area (TPSA) is 20.2 Å². The summed E-state index contributed by atoms with van der Waals surface area (Å²) in [4.78, 5) is 0. The SMILES string of the molecule is Cc1cc(C)cc(C(O)Cc2cccc(Br)c2)c1. The Hall–Kier alpha value is -1.12. The Balaban J connectivity index is 2.19. The van der Waals surface area contributed by atoms with Crippen molar-refractivity contribution in [2.45, 2.75) is 26.4 Å². The molecular formula is C16H17BrO. The van der Waals surface area contributed by atoms with Gasteiger partial charge in [0, 0.05) is 10.9 Å². The molecular weight excluding hydrogens is 288 g/mol. The molecule has 1 atom stereocenters. The predicted molar refractivity (Wildman–Crippen MR) is 78.7 cm³/mol. The lowest BCUT2D eigenvalue weighted by Gasteiger charge is -2.13. The first-order valence-electron chi connectivity index (χ1n) is 6.05. The Labute approximate surface area is 117 Å². The highest BCUT2D eigenvalue weighted by atomic mass is 79.9. The molecule has 1 nitrogen and oxygen atoms in total.